The van der Waals surface area contributed by atoms with Crippen LogP contribution in [-0.2, 0) is 6.61 Å². The van der Waals surface area contributed by atoms with Crippen molar-refractivity contribution in [2.45, 2.75) is 32.8 Å². The predicted octanol–water partition coefficient (Wildman–Crippen LogP) is 4.35. The fourth-order valence-corrected chi connectivity index (χ4v) is 2.42. The molecule has 2 heterocycles. The van der Waals surface area contributed by atoms with Crippen molar-refractivity contribution in [3.05, 3.63) is 58.6 Å². The number of halogens is 3. The van der Waals surface area contributed by atoms with Gasteiger partial charge in [0.15, 0.2) is 0 Å². The van der Waals surface area contributed by atoms with Crippen molar-refractivity contribution in [1.29, 1.82) is 0 Å². The fraction of sp³-hybridized carbons (Fsp3) is 0.294. The Hall–Kier alpha value is -2.61. The molecule has 2 aromatic heterocycles. The Kier molecular flexibility index (Phi) is 5.41. The summed E-state index contributed by atoms with van der Waals surface area (Å²) in [6, 6.07) is 6.35. The minimum atomic E-state index is -2.67. The molecule has 1 aromatic carbocycles. The van der Waals surface area contributed by atoms with E-state index in [1.807, 2.05) is 19.9 Å². The summed E-state index contributed by atoms with van der Waals surface area (Å²) >= 11 is 5.78. The molecular weight excluding hydrogens is 364 g/mol. The molecule has 3 aromatic rings. The average molecular weight is 380 g/mol. The molecule has 0 bridgehead atoms. The molecular formula is C17H16ClF2N5O. The van der Waals surface area contributed by atoms with Crippen LogP contribution >= 0.6 is 11.6 Å². The highest BCUT2D eigenvalue weighted by atomic mass is 35.5. The SMILES string of the molecule is CC(C)c1ccnc(OCc2cn(-c3ccc(Cl)c(C(F)F)c3)nn2)n1. The molecule has 136 valence electrons. The van der Waals surface area contributed by atoms with Crippen LogP contribution in [0.15, 0.2) is 36.7 Å². The molecule has 0 radical (unpaired) electrons. The van der Waals surface area contributed by atoms with Gasteiger partial charge in [0.25, 0.3) is 6.43 Å². The van der Waals surface area contributed by atoms with Crippen molar-refractivity contribution >= 4 is 11.6 Å². The Morgan fingerprint density at radius 2 is 2.04 bits per heavy atom. The second kappa shape index (κ2) is 7.74. The Morgan fingerprint density at radius 3 is 2.77 bits per heavy atom. The molecule has 0 N–H and O–H groups in total. The van der Waals surface area contributed by atoms with Crippen molar-refractivity contribution in [2.24, 2.45) is 0 Å². The number of benzene rings is 1. The number of hydrogen-bond donors (Lipinski definition) is 0. The van der Waals surface area contributed by atoms with Gasteiger partial charge in [0.1, 0.15) is 12.3 Å². The van der Waals surface area contributed by atoms with Crippen molar-refractivity contribution in [3.63, 3.8) is 0 Å². The van der Waals surface area contributed by atoms with E-state index in [2.05, 4.69) is 20.3 Å². The summed E-state index contributed by atoms with van der Waals surface area (Å²) < 4.78 is 32.8. The van der Waals surface area contributed by atoms with Crippen LogP contribution in [0.2, 0.25) is 5.02 Å². The van der Waals surface area contributed by atoms with Crippen LogP contribution in [0.3, 0.4) is 0 Å². The van der Waals surface area contributed by atoms with Gasteiger partial charge in [-0.2, -0.15) is 4.98 Å². The molecule has 0 amide bonds. The van der Waals surface area contributed by atoms with Crippen molar-refractivity contribution < 1.29 is 13.5 Å². The van der Waals surface area contributed by atoms with E-state index in [1.165, 1.54) is 16.8 Å². The van der Waals surface area contributed by atoms with Gasteiger partial charge in [-0.1, -0.05) is 30.7 Å². The summed E-state index contributed by atoms with van der Waals surface area (Å²) in [7, 11) is 0. The third-order valence-corrected chi connectivity index (χ3v) is 3.96. The van der Waals surface area contributed by atoms with Crippen molar-refractivity contribution in [3.8, 4) is 11.7 Å². The van der Waals surface area contributed by atoms with E-state index in [0.29, 0.717) is 11.4 Å². The number of aromatic nitrogens is 5. The topological polar surface area (TPSA) is 65.7 Å². The maximum Gasteiger partial charge on any atom is 0.316 e. The molecule has 0 aliphatic rings. The molecule has 0 spiro atoms. The van der Waals surface area contributed by atoms with Crippen molar-refractivity contribution in [2.75, 3.05) is 0 Å². The number of rotatable bonds is 6. The van der Waals surface area contributed by atoms with Gasteiger partial charge < -0.3 is 4.74 Å². The summed E-state index contributed by atoms with van der Waals surface area (Å²) in [6.07, 6.45) is 0.554. The fourth-order valence-electron chi connectivity index (χ4n) is 2.22. The summed E-state index contributed by atoms with van der Waals surface area (Å²) in [4.78, 5) is 8.36. The molecule has 0 unspecified atom stereocenters. The zero-order chi connectivity index (χ0) is 18.7. The highest BCUT2D eigenvalue weighted by Gasteiger charge is 2.14. The molecule has 6 nitrogen and oxygen atoms in total. The van der Waals surface area contributed by atoms with Gasteiger partial charge in [0, 0.05) is 16.8 Å². The largest absolute Gasteiger partial charge is 0.457 e. The zero-order valence-electron chi connectivity index (χ0n) is 14.1. The minimum absolute atomic E-state index is 0.00889. The third kappa shape index (κ3) is 4.13. The van der Waals surface area contributed by atoms with Crippen LogP contribution in [0.5, 0.6) is 6.01 Å². The first-order chi connectivity index (χ1) is 12.4. The monoisotopic (exact) mass is 379 g/mol. The molecule has 0 fully saturated rings. The highest BCUT2D eigenvalue weighted by Crippen LogP contribution is 2.28. The maximum atomic E-state index is 13.0. The van der Waals surface area contributed by atoms with E-state index in [-0.39, 0.29) is 29.1 Å². The molecule has 0 saturated heterocycles. The highest BCUT2D eigenvalue weighted by molar-refractivity contribution is 6.31. The third-order valence-electron chi connectivity index (χ3n) is 3.62. The molecule has 0 aliphatic heterocycles. The van der Waals surface area contributed by atoms with E-state index in [1.54, 1.807) is 18.5 Å². The number of hydrogen-bond acceptors (Lipinski definition) is 5. The Morgan fingerprint density at radius 1 is 1.23 bits per heavy atom. The Labute approximate surface area is 153 Å². The van der Waals surface area contributed by atoms with Gasteiger partial charge in [0.2, 0.25) is 0 Å². The van der Waals surface area contributed by atoms with Crippen LogP contribution in [0, 0.1) is 0 Å². The molecule has 0 aliphatic carbocycles. The predicted molar refractivity (Wildman–Crippen MR) is 91.8 cm³/mol. The maximum absolute atomic E-state index is 13.0. The Balaban J connectivity index is 1.72. The van der Waals surface area contributed by atoms with Crippen molar-refractivity contribution in [1.82, 2.24) is 25.0 Å². The van der Waals surface area contributed by atoms with E-state index in [0.717, 1.165) is 5.69 Å². The Bertz CT molecular complexity index is 900. The van der Waals surface area contributed by atoms with Gasteiger partial charge in [-0.15, -0.1) is 5.10 Å². The van der Waals surface area contributed by atoms with Crippen LogP contribution < -0.4 is 4.74 Å². The first kappa shape index (κ1) is 18.2. The van der Waals surface area contributed by atoms with Crippen LogP contribution in [0.4, 0.5) is 8.78 Å². The molecule has 0 atom stereocenters. The number of nitrogens with zero attached hydrogens (tertiary/aromatic N) is 5. The standard InChI is InChI=1S/C17H16ClF2N5O/c1-10(2)15-5-6-21-17(22-15)26-9-11-8-25(24-23-11)12-3-4-14(18)13(7-12)16(19)20/h3-8,10,16H,9H2,1-2H3. The summed E-state index contributed by atoms with van der Waals surface area (Å²) in [5.74, 6) is 0.259. The summed E-state index contributed by atoms with van der Waals surface area (Å²) in [5, 5.41) is 7.92. The lowest BCUT2D eigenvalue weighted by Gasteiger charge is -2.07. The normalized spacial score (nSPS) is 11.3. The van der Waals surface area contributed by atoms with Crippen LogP contribution in [0.25, 0.3) is 5.69 Å². The summed E-state index contributed by atoms with van der Waals surface area (Å²) in [6.45, 7) is 4.16. The average Bonchev–Trinajstić information content (AvgIpc) is 3.09. The van der Waals surface area contributed by atoms with E-state index in [9.17, 15) is 8.78 Å². The number of alkyl halides is 2. The van der Waals surface area contributed by atoms with Gasteiger partial charge in [0.05, 0.1) is 17.6 Å². The van der Waals surface area contributed by atoms with E-state index < -0.39 is 6.43 Å². The molecule has 0 saturated carbocycles. The lowest BCUT2D eigenvalue weighted by Crippen LogP contribution is -2.02. The number of ether oxygens (including phenoxy) is 1. The lowest BCUT2D eigenvalue weighted by molar-refractivity contribution is 0.151. The molecule has 9 heteroatoms. The summed E-state index contributed by atoms with van der Waals surface area (Å²) in [5.41, 5.74) is 1.56. The van der Waals surface area contributed by atoms with E-state index in [4.69, 9.17) is 16.3 Å². The minimum Gasteiger partial charge on any atom is -0.457 e. The van der Waals surface area contributed by atoms with E-state index >= 15 is 0 Å². The quantitative estimate of drug-likeness (QED) is 0.637. The van der Waals surface area contributed by atoms with Gasteiger partial charge in [-0.25, -0.2) is 18.4 Å². The smallest absolute Gasteiger partial charge is 0.316 e. The van der Waals surface area contributed by atoms with Gasteiger partial charge >= 0.3 is 6.01 Å². The first-order valence-electron chi connectivity index (χ1n) is 7.89. The van der Waals surface area contributed by atoms with Crippen LogP contribution in [-0.4, -0.2) is 25.0 Å². The van der Waals surface area contributed by atoms with Gasteiger partial charge in [-0.05, 0) is 30.2 Å². The molecule has 3 rings (SSSR count). The second-order valence-corrected chi connectivity index (χ2v) is 6.28. The zero-order valence-corrected chi connectivity index (χ0v) is 14.9. The van der Waals surface area contributed by atoms with Gasteiger partial charge in [-0.3, -0.25) is 0 Å². The molecule has 26 heavy (non-hydrogen) atoms. The second-order valence-electron chi connectivity index (χ2n) is 5.87. The first-order valence-corrected chi connectivity index (χ1v) is 8.26. The van der Waals surface area contributed by atoms with Crippen LogP contribution in [0.1, 0.15) is 43.1 Å². The lowest BCUT2D eigenvalue weighted by atomic mass is 10.1.